The maximum Gasteiger partial charge on any atom is 0.309 e. The Morgan fingerprint density at radius 2 is 2.28 bits per heavy atom. The number of amides is 1. The van der Waals surface area contributed by atoms with Gasteiger partial charge < -0.3 is 15.2 Å². The Bertz CT molecular complexity index is 503. The summed E-state index contributed by atoms with van der Waals surface area (Å²) in [6.45, 7) is 0. The first kappa shape index (κ1) is 12.3. The quantitative estimate of drug-likeness (QED) is 0.845. The molecule has 0 spiro atoms. The van der Waals surface area contributed by atoms with Crippen LogP contribution in [0.2, 0.25) is 0 Å². The zero-order valence-electron chi connectivity index (χ0n) is 9.64. The molecule has 6 heteroatoms. The average Bonchev–Trinajstić information content (AvgIpc) is 2.72. The molecule has 1 aromatic rings. The highest BCUT2D eigenvalue weighted by Crippen LogP contribution is 2.33. The lowest BCUT2D eigenvalue weighted by molar-refractivity contribution is -0.142. The van der Waals surface area contributed by atoms with Crippen molar-refractivity contribution in [3.8, 4) is 5.75 Å². The molecule has 1 aromatic carbocycles. The normalized spacial score (nSPS) is 22.7. The Labute approximate surface area is 103 Å². The molecule has 0 saturated carbocycles. The lowest BCUT2D eigenvalue weighted by atomic mass is 9.94. The van der Waals surface area contributed by atoms with Crippen LogP contribution in [-0.2, 0) is 9.59 Å². The summed E-state index contributed by atoms with van der Waals surface area (Å²) in [5.74, 6) is -2.62. The summed E-state index contributed by atoms with van der Waals surface area (Å²) in [5, 5.41) is 11.5. The number of benzene rings is 1. The van der Waals surface area contributed by atoms with Gasteiger partial charge in [-0.15, -0.1) is 0 Å². The second-order valence-corrected chi connectivity index (χ2v) is 4.08. The van der Waals surface area contributed by atoms with Crippen LogP contribution < -0.4 is 10.1 Å². The van der Waals surface area contributed by atoms with Crippen molar-refractivity contribution >= 4 is 11.9 Å². The van der Waals surface area contributed by atoms with Gasteiger partial charge in [-0.3, -0.25) is 9.59 Å². The predicted octanol–water partition coefficient (Wildman–Crippen LogP) is 1.10. The molecule has 1 saturated heterocycles. The van der Waals surface area contributed by atoms with Gasteiger partial charge in [0, 0.05) is 12.0 Å². The number of halogens is 1. The van der Waals surface area contributed by atoms with Crippen molar-refractivity contribution in [1.29, 1.82) is 0 Å². The summed E-state index contributed by atoms with van der Waals surface area (Å²) in [5.41, 5.74) is 0.132. The van der Waals surface area contributed by atoms with Crippen LogP contribution >= 0.6 is 0 Å². The largest absolute Gasteiger partial charge is 0.497 e. The fourth-order valence-electron chi connectivity index (χ4n) is 2.06. The monoisotopic (exact) mass is 253 g/mol. The zero-order chi connectivity index (χ0) is 13.3. The van der Waals surface area contributed by atoms with Crippen LogP contribution in [0.25, 0.3) is 0 Å². The second-order valence-electron chi connectivity index (χ2n) is 4.08. The molecule has 1 fully saturated rings. The number of aliphatic carboxylic acids is 1. The number of methoxy groups -OCH3 is 1. The highest BCUT2D eigenvalue weighted by Gasteiger charge is 2.39. The van der Waals surface area contributed by atoms with E-state index in [-0.39, 0.29) is 12.0 Å². The van der Waals surface area contributed by atoms with Crippen molar-refractivity contribution in [2.45, 2.75) is 12.5 Å². The van der Waals surface area contributed by atoms with Crippen molar-refractivity contribution in [3.63, 3.8) is 0 Å². The lowest BCUT2D eigenvalue weighted by Gasteiger charge is -2.17. The van der Waals surface area contributed by atoms with Crippen molar-refractivity contribution in [2.24, 2.45) is 5.92 Å². The van der Waals surface area contributed by atoms with Gasteiger partial charge in [-0.1, -0.05) is 0 Å². The molecule has 2 unspecified atom stereocenters. The molecule has 2 rings (SSSR count). The van der Waals surface area contributed by atoms with E-state index in [1.807, 2.05) is 0 Å². The third kappa shape index (κ3) is 2.13. The summed E-state index contributed by atoms with van der Waals surface area (Å²) < 4.78 is 18.7. The van der Waals surface area contributed by atoms with E-state index >= 15 is 0 Å². The van der Waals surface area contributed by atoms with Crippen LogP contribution in [0.3, 0.4) is 0 Å². The van der Waals surface area contributed by atoms with E-state index in [1.54, 1.807) is 0 Å². The number of carbonyl (C=O) groups is 2. The molecule has 0 radical (unpaired) electrons. The van der Waals surface area contributed by atoms with Gasteiger partial charge in [-0.25, -0.2) is 4.39 Å². The first-order chi connectivity index (χ1) is 8.52. The number of rotatable bonds is 3. The van der Waals surface area contributed by atoms with Crippen molar-refractivity contribution in [3.05, 3.63) is 29.6 Å². The minimum atomic E-state index is -1.12. The number of hydrogen-bond donors (Lipinski definition) is 2. The molecule has 0 bridgehead atoms. The first-order valence-electron chi connectivity index (χ1n) is 5.38. The maximum absolute atomic E-state index is 13.7. The molecule has 18 heavy (non-hydrogen) atoms. The Balaban J connectivity index is 2.40. The minimum absolute atomic E-state index is 0.132. The van der Waals surface area contributed by atoms with Crippen LogP contribution in [0, 0.1) is 11.7 Å². The fourth-order valence-corrected chi connectivity index (χ4v) is 2.06. The fraction of sp³-hybridized carbons (Fsp3) is 0.333. The van der Waals surface area contributed by atoms with Crippen molar-refractivity contribution < 1.29 is 23.8 Å². The summed E-state index contributed by atoms with van der Waals surface area (Å²) >= 11 is 0. The third-order valence-corrected chi connectivity index (χ3v) is 2.98. The van der Waals surface area contributed by atoms with E-state index in [0.717, 1.165) is 0 Å². The smallest absolute Gasteiger partial charge is 0.309 e. The van der Waals surface area contributed by atoms with Gasteiger partial charge in [0.1, 0.15) is 11.6 Å². The molecule has 96 valence electrons. The molecule has 2 N–H and O–H groups in total. The van der Waals surface area contributed by atoms with Crippen LogP contribution in [0.4, 0.5) is 4.39 Å². The van der Waals surface area contributed by atoms with Gasteiger partial charge in [0.05, 0.1) is 19.1 Å². The molecule has 1 aliphatic rings. The van der Waals surface area contributed by atoms with Gasteiger partial charge in [-0.05, 0) is 18.2 Å². The van der Waals surface area contributed by atoms with Crippen molar-refractivity contribution in [2.75, 3.05) is 7.11 Å². The summed E-state index contributed by atoms with van der Waals surface area (Å²) in [6, 6.07) is 3.18. The van der Waals surface area contributed by atoms with Crippen LogP contribution in [0.5, 0.6) is 5.75 Å². The molecule has 1 amide bonds. The number of nitrogens with one attached hydrogen (secondary N) is 1. The van der Waals surface area contributed by atoms with Crippen LogP contribution in [-0.4, -0.2) is 24.1 Å². The maximum atomic E-state index is 13.7. The van der Waals surface area contributed by atoms with Gasteiger partial charge in [0.15, 0.2) is 0 Å². The molecular weight excluding hydrogens is 241 g/mol. The van der Waals surface area contributed by atoms with E-state index in [9.17, 15) is 14.0 Å². The van der Waals surface area contributed by atoms with Crippen molar-refractivity contribution in [1.82, 2.24) is 5.32 Å². The summed E-state index contributed by atoms with van der Waals surface area (Å²) in [4.78, 5) is 22.3. The summed E-state index contributed by atoms with van der Waals surface area (Å²) in [7, 11) is 1.43. The SMILES string of the molecule is COc1ccc(F)c(C2NC(=O)CC2C(=O)O)c1. The average molecular weight is 253 g/mol. The van der Waals surface area contributed by atoms with E-state index in [4.69, 9.17) is 9.84 Å². The highest BCUT2D eigenvalue weighted by atomic mass is 19.1. The van der Waals surface area contributed by atoms with Gasteiger partial charge in [-0.2, -0.15) is 0 Å². The standard InChI is InChI=1S/C12H12FNO4/c1-18-6-2-3-9(13)7(4-6)11-8(12(16)17)5-10(15)14-11/h2-4,8,11H,5H2,1H3,(H,14,15)(H,16,17). The van der Waals surface area contributed by atoms with Gasteiger partial charge in [0.25, 0.3) is 0 Å². The molecule has 2 atom stereocenters. The first-order valence-corrected chi connectivity index (χ1v) is 5.38. The number of carbonyl (C=O) groups excluding carboxylic acids is 1. The summed E-state index contributed by atoms with van der Waals surface area (Å²) in [6.07, 6.45) is -0.142. The Morgan fingerprint density at radius 3 is 2.89 bits per heavy atom. The molecular formula is C12H12FNO4. The van der Waals surface area contributed by atoms with Gasteiger partial charge >= 0.3 is 5.97 Å². The number of ether oxygens (including phenoxy) is 1. The van der Waals surface area contributed by atoms with E-state index in [1.165, 1.54) is 25.3 Å². The Hall–Kier alpha value is -2.11. The van der Waals surface area contributed by atoms with E-state index < -0.39 is 29.7 Å². The van der Waals surface area contributed by atoms with E-state index in [0.29, 0.717) is 5.75 Å². The second kappa shape index (κ2) is 4.64. The Morgan fingerprint density at radius 1 is 1.56 bits per heavy atom. The van der Waals surface area contributed by atoms with Gasteiger partial charge in [0.2, 0.25) is 5.91 Å². The predicted molar refractivity (Wildman–Crippen MR) is 59.6 cm³/mol. The molecule has 0 aliphatic carbocycles. The molecule has 0 aromatic heterocycles. The lowest BCUT2D eigenvalue weighted by Crippen LogP contribution is -2.25. The minimum Gasteiger partial charge on any atom is -0.497 e. The number of hydrogen-bond acceptors (Lipinski definition) is 3. The topological polar surface area (TPSA) is 75.6 Å². The molecule has 1 heterocycles. The number of carboxylic acids is 1. The Kier molecular flexibility index (Phi) is 3.18. The van der Waals surface area contributed by atoms with Crippen LogP contribution in [0.15, 0.2) is 18.2 Å². The highest BCUT2D eigenvalue weighted by molar-refractivity contribution is 5.87. The molecule has 1 aliphatic heterocycles. The van der Waals surface area contributed by atoms with E-state index in [2.05, 4.69) is 5.32 Å². The number of carboxylic acid groups (broad SMARTS) is 1. The third-order valence-electron chi connectivity index (χ3n) is 2.98. The molecule has 5 nitrogen and oxygen atoms in total. The van der Waals surface area contributed by atoms with Crippen LogP contribution in [0.1, 0.15) is 18.0 Å². The zero-order valence-corrected chi connectivity index (χ0v) is 9.64.